The Hall–Kier alpha value is -3.71. The van der Waals surface area contributed by atoms with E-state index >= 15 is 0 Å². The number of halogens is 1. The number of hydrogen-bond donors (Lipinski definition) is 1. The van der Waals surface area contributed by atoms with Gasteiger partial charge in [-0.05, 0) is 41.5 Å². The van der Waals surface area contributed by atoms with Crippen molar-refractivity contribution in [2.75, 3.05) is 6.54 Å². The molecule has 0 atom stereocenters. The van der Waals surface area contributed by atoms with Crippen LogP contribution in [0.25, 0.3) is 22.5 Å². The van der Waals surface area contributed by atoms with E-state index in [1.54, 1.807) is 30.7 Å². The number of aromatic amines is 1. The highest BCUT2D eigenvalue weighted by Gasteiger charge is 2.22. The number of hydrogen-bond acceptors (Lipinski definition) is 5. The van der Waals surface area contributed by atoms with Crippen LogP contribution in [0.5, 0.6) is 0 Å². The highest BCUT2D eigenvalue weighted by molar-refractivity contribution is 5.62. The standard InChI is InChI=1S/C24H20FN5O/c25-20-5-3-17(4-6-20)19-10-16(11-27-13-19)14-30-9-7-22-21(15-30)24(31)29-23(28-22)18-2-1-8-26-12-18/h1-6,8,10-13H,7,9,14-15H2,(H,28,29,31). The third-order valence-corrected chi connectivity index (χ3v) is 5.46. The van der Waals surface area contributed by atoms with E-state index in [9.17, 15) is 9.18 Å². The van der Waals surface area contributed by atoms with Crippen LogP contribution in [0.3, 0.4) is 0 Å². The Labute approximate surface area is 178 Å². The monoisotopic (exact) mass is 413 g/mol. The van der Waals surface area contributed by atoms with Crippen LogP contribution >= 0.6 is 0 Å². The summed E-state index contributed by atoms with van der Waals surface area (Å²) in [6, 6.07) is 12.2. The van der Waals surface area contributed by atoms with Gasteiger partial charge in [-0.3, -0.25) is 19.7 Å². The van der Waals surface area contributed by atoms with Gasteiger partial charge in [0.2, 0.25) is 0 Å². The first kappa shape index (κ1) is 19.3. The minimum atomic E-state index is -0.259. The molecule has 5 rings (SSSR count). The molecular weight excluding hydrogens is 393 g/mol. The molecule has 0 bridgehead atoms. The van der Waals surface area contributed by atoms with Crippen molar-refractivity contribution in [2.45, 2.75) is 19.5 Å². The summed E-state index contributed by atoms with van der Waals surface area (Å²) in [5.41, 5.74) is 5.15. The molecule has 154 valence electrons. The molecule has 0 unspecified atom stereocenters. The molecule has 0 radical (unpaired) electrons. The smallest absolute Gasteiger partial charge is 0.255 e. The number of nitrogens with zero attached hydrogens (tertiary/aromatic N) is 4. The van der Waals surface area contributed by atoms with Crippen LogP contribution in [0.2, 0.25) is 0 Å². The summed E-state index contributed by atoms with van der Waals surface area (Å²) in [7, 11) is 0. The number of rotatable bonds is 4. The average molecular weight is 413 g/mol. The van der Waals surface area contributed by atoms with E-state index in [0.29, 0.717) is 30.9 Å². The van der Waals surface area contributed by atoms with E-state index < -0.39 is 0 Å². The summed E-state index contributed by atoms with van der Waals surface area (Å²) in [4.78, 5) is 31.0. The molecule has 0 amide bonds. The molecule has 0 spiro atoms. The average Bonchev–Trinajstić information content (AvgIpc) is 2.81. The van der Waals surface area contributed by atoms with E-state index in [1.165, 1.54) is 12.1 Å². The van der Waals surface area contributed by atoms with Crippen molar-refractivity contribution in [3.8, 4) is 22.5 Å². The molecule has 0 aliphatic carbocycles. The van der Waals surface area contributed by atoms with Crippen molar-refractivity contribution in [3.63, 3.8) is 0 Å². The lowest BCUT2D eigenvalue weighted by atomic mass is 10.0. The van der Waals surface area contributed by atoms with Gasteiger partial charge >= 0.3 is 0 Å². The fraction of sp³-hybridized carbons (Fsp3) is 0.167. The van der Waals surface area contributed by atoms with Gasteiger partial charge < -0.3 is 4.98 Å². The van der Waals surface area contributed by atoms with Crippen LogP contribution in [-0.4, -0.2) is 31.4 Å². The van der Waals surface area contributed by atoms with E-state index in [1.807, 2.05) is 18.3 Å². The summed E-state index contributed by atoms with van der Waals surface area (Å²) >= 11 is 0. The van der Waals surface area contributed by atoms with Gasteiger partial charge in [0.25, 0.3) is 5.56 Å². The number of benzene rings is 1. The van der Waals surface area contributed by atoms with Gasteiger partial charge in [0, 0.05) is 62.0 Å². The van der Waals surface area contributed by atoms with Gasteiger partial charge in [-0.2, -0.15) is 0 Å². The first-order valence-electron chi connectivity index (χ1n) is 10.1. The number of fused-ring (bicyclic) bond motifs is 1. The lowest BCUT2D eigenvalue weighted by Crippen LogP contribution is -2.35. The van der Waals surface area contributed by atoms with Crippen molar-refractivity contribution in [2.24, 2.45) is 0 Å². The third-order valence-electron chi connectivity index (χ3n) is 5.46. The van der Waals surface area contributed by atoms with Crippen LogP contribution in [0.1, 0.15) is 16.8 Å². The second-order valence-electron chi connectivity index (χ2n) is 7.63. The quantitative estimate of drug-likeness (QED) is 0.553. The third kappa shape index (κ3) is 4.13. The SMILES string of the molecule is O=c1[nH]c(-c2cccnc2)nc2c1CN(Cc1cncc(-c3ccc(F)cc3)c1)CC2. The topological polar surface area (TPSA) is 74.8 Å². The molecule has 3 aromatic heterocycles. The molecule has 1 N–H and O–H groups in total. The molecule has 0 fully saturated rings. The predicted octanol–water partition coefficient (Wildman–Crippen LogP) is 3.59. The van der Waals surface area contributed by atoms with Crippen molar-refractivity contribution >= 4 is 0 Å². The highest BCUT2D eigenvalue weighted by Crippen LogP contribution is 2.23. The number of aromatic nitrogens is 4. The Balaban J connectivity index is 1.35. The maximum Gasteiger partial charge on any atom is 0.255 e. The fourth-order valence-electron chi connectivity index (χ4n) is 3.89. The van der Waals surface area contributed by atoms with Crippen LogP contribution in [0.4, 0.5) is 4.39 Å². The van der Waals surface area contributed by atoms with E-state index in [4.69, 9.17) is 0 Å². The van der Waals surface area contributed by atoms with Crippen LogP contribution in [-0.2, 0) is 19.5 Å². The summed E-state index contributed by atoms with van der Waals surface area (Å²) in [6.07, 6.45) is 7.70. The Bertz CT molecular complexity index is 1270. The van der Waals surface area contributed by atoms with E-state index in [0.717, 1.165) is 34.5 Å². The number of nitrogens with one attached hydrogen (secondary N) is 1. The van der Waals surface area contributed by atoms with Crippen molar-refractivity contribution < 1.29 is 4.39 Å². The zero-order valence-electron chi connectivity index (χ0n) is 16.8. The van der Waals surface area contributed by atoms with Crippen molar-refractivity contribution in [3.05, 3.63) is 100 Å². The molecule has 0 saturated carbocycles. The normalized spacial score (nSPS) is 13.7. The molecular formula is C24H20FN5O. The summed E-state index contributed by atoms with van der Waals surface area (Å²) < 4.78 is 13.2. The van der Waals surface area contributed by atoms with E-state index in [2.05, 4.69) is 30.9 Å². The Morgan fingerprint density at radius 1 is 1.00 bits per heavy atom. The fourth-order valence-corrected chi connectivity index (χ4v) is 3.89. The minimum Gasteiger partial charge on any atom is -0.306 e. The van der Waals surface area contributed by atoms with Crippen LogP contribution in [0.15, 0.2) is 72.0 Å². The molecule has 31 heavy (non-hydrogen) atoms. The maximum atomic E-state index is 13.2. The lowest BCUT2D eigenvalue weighted by molar-refractivity contribution is 0.241. The Morgan fingerprint density at radius 3 is 2.65 bits per heavy atom. The number of H-pyrrole nitrogens is 1. The molecule has 1 aromatic carbocycles. The molecule has 1 aliphatic heterocycles. The molecule has 6 nitrogen and oxygen atoms in total. The summed E-state index contributed by atoms with van der Waals surface area (Å²) in [6.45, 7) is 2.01. The Kier molecular flexibility index (Phi) is 5.09. The van der Waals surface area contributed by atoms with Crippen LogP contribution < -0.4 is 5.56 Å². The Morgan fingerprint density at radius 2 is 1.84 bits per heavy atom. The van der Waals surface area contributed by atoms with Gasteiger partial charge in [0.15, 0.2) is 0 Å². The van der Waals surface area contributed by atoms with Crippen molar-refractivity contribution in [1.29, 1.82) is 0 Å². The first-order chi connectivity index (χ1) is 15.2. The molecule has 0 saturated heterocycles. The van der Waals surface area contributed by atoms with Gasteiger partial charge in [-0.25, -0.2) is 9.37 Å². The lowest BCUT2D eigenvalue weighted by Gasteiger charge is -2.27. The largest absolute Gasteiger partial charge is 0.306 e. The van der Waals surface area contributed by atoms with Gasteiger partial charge in [-0.15, -0.1) is 0 Å². The summed E-state index contributed by atoms with van der Waals surface area (Å²) in [5.74, 6) is 0.298. The second-order valence-corrected chi connectivity index (χ2v) is 7.63. The van der Waals surface area contributed by atoms with Gasteiger partial charge in [-0.1, -0.05) is 12.1 Å². The molecule has 4 heterocycles. The zero-order valence-corrected chi connectivity index (χ0v) is 16.8. The van der Waals surface area contributed by atoms with E-state index in [-0.39, 0.29) is 11.4 Å². The maximum absolute atomic E-state index is 13.2. The van der Waals surface area contributed by atoms with Crippen molar-refractivity contribution in [1.82, 2.24) is 24.8 Å². The minimum absolute atomic E-state index is 0.105. The number of pyridine rings is 2. The second kappa shape index (κ2) is 8.20. The highest BCUT2D eigenvalue weighted by atomic mass is 19.1. The van der Waals surface area contributed by atoms with Gasteiger partial charge in [0.05, 0.1) is 11.3 Å². The molecule has 4 aromatic rings. The van der Waals surface area contributed by atoms with Crippen LogP contribution in [0, 0.1) is 5.82 Å². The molecule has 1 aliphatic rings. The zero-order chi connectivity index (χ0) is 21.2. The van der Waals surface area contributed by atoms with Gasteiger partial charge in [0.1, 0.15) is 11.6 Å². The first-order valence-corrected chi connectivity index (χ1v) is 10.1. The molecule has 7 heteroatoms. The predicted molar refractivity (Wildman–Crippen MR) is 116 cm³/mol. The summed E-state index contributed by atoms with van der Waals surface area (Å²) in [5, 5.41) is 0.